The first kappa shape index (κ1) is 25.3. The van der Waals surface area contributed by atoms with Crippen LogP contribution in [0.4, 0.5) is 0 Å². The van der Waals surface area contributed by atoms with E-state index in [9.17, 15) is 9.59 Å². The summed E-state index contributed by atoms with van der Waals surface area (Å²) in [5.74, 6) is 2.20. The molecule has 1 aliphatic rings. The van der Waals surface area contributed by atoms with Gasteiger partial charge >= 0.3 is 0 Å². The van der Waals surface area contributed by atoms with Crippen molar-refractivity contribution in [2.45, 2.75) is 33.4 Å². The summed E-state index contributed by atoms with van der Waals surface area (Å²) >= 11 is 0. The zero-order chi connectivity index (χ0) is 25.3. The van der Waals surface area contributed by atoms with Crippen LogP contribution in [0.2, 0.25) is 0 Å². The smallest absolute Gasteiger partial charge is 0.254 e. The van der Waals surface area contributed by atoms with Gasteiger partial charge in [-0.25, -0.2) is 0 Å². The minimum absolute atomic E-state index is 0.0636. The third kappa shape index (κ3) is 6.66. The second-order valence-corrected chi connectivity index (χ2v) is 8.59. The van der Waals surface area contributed by atoms with E-state index in [0.717, 1.165) is 11.3 Å². The molecule has 2 amide bonds. The molecule has 0 radical (unpaired) electrons. The van der Waals surface area contributed by atoms with Crippen LogP contribution in [-0.2, 0) is 22.6 Å². The molecule has 8 nitrogen and oxygen atoms in total. The van der Waals surface area contributed by atoms with E-state index in [1.807, 2.05) is 56.3 Å². The number of amides is 2. The molecule has 2 heterocycles. The molecule has 0 N–H and O–H groups in total. The highest BCUT2D eigenvalue weighted by Crippen LogP contribution is 2.32. The monoisotopic (exact) mass is 492 g/mol. The van der Waals surface area contributed by atoms with E-state index in [1.54, 1.807) is 28.0 Å². The van der Waals surface area contributed by atoms with Crippen LogP contribution in [0.1, 0.15) is 40.8 Å². The average molecular weight is 493 g/mol. The predicted molar refractivity (Wildman–Crippen MR) is 134 cm³/mol. The van der Waals surface area contributed by atoms with Gasteiger partial charge in [-0.05, 0) is 56.2 Å². The van der Waals surface area contributed by atoms with E-state index in [2.05, 4.69) is 0 Å². The molecular weight excluding hydrogens is 460 g/mol. The number of benzene rings is 2. The molecule has 3 aromatic rings. The molecule has 2 aromatic carbocycles. The molecule has 1 aliphatic heterocycles. The first-order chi connectivity index (χ1) is 17.5. The molecule has 0 saturated carbocycles. The van der Waals surface area contributed by atoms with E-state index in [4.69, 9.17) is 18.6 Å². The Labute approximate surface area is 211 Å². The summed E-state index contributed by atoms with van der Waals surface area (Å²) in [4.78, 5) is 30.4. The molecule has 8 heteroatoms. The molecule has 0 fully saturated rings. The van der Waals surface area contributed by atoms with Crippen LogP contribution in [-0.4, -0.2) is 54.7 Å². The summed E-state index contributed by atoms with van der Waals surface area (Å²) in [5.41, 5.74) is 1.44. The van der Waals surface area contributed by atoms with E-state index in [1.165, 1.54) is 0 Å². The highest BCUT2D eigenvalue weighted by atomic mass is 16.7. The van der Waals surface area contributed by atoms with Crippen LogP contribution in [0.3, 0.4) is 0 Å². The zero-order valence-electron chi connectivity index (χ0n) is 20.8. The van der Waals surface area contributed by atoms with Crippen molar-refractivity contribution in [3.8, 4) is 11.5 Å². The number of ether oxygens (including phenoxy) is 3. The maximum absolute atomic E-state index is 13.6. The summed E-state index contributed by atoms with van der Waals surface area (Å²) < 4.78 is 22.0. The number of hydrogen-bond donors (Lipinski definition) is 0. The van der Waals surface area contributed by atoms with Gasteiger partial charge in [-0.1, -0.05) is 30.3 Å². The maximum Gasteiger partial charge on any atom is 0.254 e. The first-order valence-corrected chi connectivity index (χ1v) is 12.2. The quantitative estimate of drug-likeness (QED) is 0.348. The van der Waals surface area contributed by atoms with Gasteiger partial charge in [0.05, 0.1) is 6.54 Å². The van der Waals surface area contributed by atoms with Crippen molar-refractivity contribution in [2.24, 2.45) is 0 Å². The molecule has 0 bridgehead atoms. The lowest BCUT2D eigenvalue weighted by Crippen LogP contribution is -2.43. The minimum Gasteiger partial charge on any atom is -0.464 e. The molecule has 0 aliphatic carbocycles. The Morgan fingerprint density at radius 1 is 0.944 bits per heavy atom. The van der Waals surface area contributed by atoms with Gasteiger partial charge in [-0.15, -0.1) is 0 Å². The van der Waals surface area contributed by atoms with Crippen LogP contribution in [0.25, 0.3) is 0 Å². The Kier molecular flexibility index (Phi) is 8.62. The fraction of sp³-hybridized carbons (Fsp3) is 0.357. The summed E-state index contributed by atoms with van der Waals surface area (Å²) in [6.07, 6.45) is 0.619. The maximum atomic E-state index is 13.6. The largest absolute Gasteiger partial charge is 0.464 e. The molecule has 1 aromatic heterocycles. The number of rotatable bonds is 12. The van der Waals surface area contributed by atoms with Crippen molar-refractivity contribution in [1.82, 2.24) is 9.80 Å². The summed E-state index contributed by atoms with van der Waals surface area (Å²) in [6.45, 7) is 6.08. The van der Waals surface area contributed by atoms with Crippen molar-refractivity contribution < 1.29 is 28.2 Å². The minimum atomic E-state index is -0.244. The Hall–Kier alpha value is -3.78. The topological polar surface area (TPSA) is 81.5 Å². The van der Waals surface area contributed by atoms with Gasteiger partial charge in [0.2, 0.25) is 12.7 Å². The van der Waals surface area contributed by atoms with Gasteiger partial charge in [0.25, 0.3) is 5.91 Å². The first-order valence-electron chi connectivity index (χ1n) is 12.2. The SMILES string of the molecule is CCOCCCN(CC(=O)N(Cc1ccccc1)Cc1ccc(C)o1)C(=O)c1ccc2c(c1)OCO2. The number of nitrogens with zero attached hydrogens (tertiary/aromatic N) is 2. The number of furan rings is 1. The molecule has 0 saturated heterocycles. The highest BCUT2D eigenvalue weighted by Gasteiger charge is 2.25. The van der Waals surface area contributed by atoms with Gasteiger partial charge in [0, 0.05) is 31.9 Å². The van der Waals surface area contributed by atoms with Gasteiger partial charge in [-0.3, -0.25) is 9.59 Å². The second-order valence-electron chi connectivity index (χ2n) is 8.59. The molecular formula is C28H32N2O6. The number of carbonyl (C=O) groups is 2. The number of aryl methyl sites for hydroxylation is 1. The standard InChI is InChI=1S/C28H32N2O6/c1-3-33-15-7-14-29(28(32)23-11-13-25-26(16-23)35-20-34-25)19-27(31)30(17-22-8-5-4-6-9-22)18-24-12-10-21(2)36-24/h4-6,8-13,16H,3,7,14-15,17-20H2,1-2H3. The van der Waals surface area contributed by atoms with Crippen LogP contribution in [0.15, 0.2) is 65.1 Å². The molecule has 0 atom stereocenters. The normalized spacial score (nSPS) is 11.9. The second kappa shape index (κ2) is 12.3. The fourth-order valence-electron chi connectivity index (χ4n) is 4.02. The number of hydrogen-bond acceptors (Lipinski definition) is 6. The lowest BCUT2D eigenvalue weighted by Gasteiger charge is -2.27. The van der Waals surface area contributed by atoms with Crippen molar-refractivity contribution in [1.29, 1.82) is 0 Å². The predicted octanol–water partition coefficient (Wildman–Crippen LogP) is 4.41. The third-order valence-electron chi connectivity index (χ3n) is 5.87. The molecule has 4 rings (SSSR count). The van der Waals surface area contributed by atoms with Crippen LogP contribution in [0, 0.1) is 6.92 Å². The summed E-state index contributed by atoms with van der Waals surface area (Å²) in [5, 5.41) is 0. The summed E-state index contributed by atoms with van der Waals surface area (Å²) in [6, 6.07) is 18.6. The molecule has 0 unspecified atom stereocenters. The lowest BCUT2D eigenvalue weighted by molar-refractivity contribution is -0.133. The molecule has 0 spiro atoms. The van der Waals surface area contributed by atoms with E-state index in [-0.39, 0.29) is 25.2 Å². The van der Waals surface area contributed by atoms with Crippen LogP contribution < -0.4 is 9.47 Å². The van der Waals surface area contributed by atoms with Gasteiger partial charge < -0.3 is 28.4 Å². The van der Waals surface area contributed by atoms with Crippen molar-refractivity contribution in [2.75, 3.05) is 33.1 Å². The van der Waals surface area contributed by atoms with Gasteiger partial charge in [0.1, 0.15) is 18.1 Å². The average Bonchev–Trinajstić information content (AvgIpc) is 3.53. The number of fused-ring (bicyclic) bond motifs is 1. The van der Waals surface area contributed by atoms with Gasteiger partial charge in [-0.2, -0.15) is 0 Å². The highest BCUT2D eigenvalue weighted by molar-refractivity contribution is 5.97. The van der Waals surface area contributed by atoms with E-state index < -0.39 is 0 Å². The number of carbonyl (C=O) groups excluding carboxylic acids is 2. The third-order valence-corrected chi connectivity index (χ3v) is 5.87. The molecule has 190 valence electrons. The fourth-order valence-corrected chi connectivity index (χ4v) is 4.02. The Morgan fingerprint density at radius 3 is 2.50 bits per heavy atom. The van der Waals surface area contributed by atoms with Crippen molar-refractivity contribution in [3.63, 3.8) is 0 Å². The zero-order valence-corrected chi connectivity index (χ0v) is 20.8. The Balaban J connectivity index is 1.52. The van der Waals surface area contributed by atoms with E-state index >= 15 is 0 Å². The Bertz CT molecular complexity index is 1160. The van der Waals surface area contributed by atoms with E-state index in [0.29, 0.717) is 62.1 Å². The van der Waals surface area contributed by atoms with Crippen molar-refractivity contribution >= 4 is 11.8 Å². The summed E-state index contributed by atoms with van der Waals surface area (Å²) in [7, 11) is 0. The lowest BCUT2D eigenvalue weighted by atomic mass is 10.1. The molecule has 36 heavy (non-hydrogen) atoms. The van der Waals surface area contributed by atoms with Gasteiger partial charge in [0.15, 0.2) is 11.5 Å². The van der Waals surface area contributed by atoms with Crippen LogP contribution >= 0.6 is 0 Å². The Morgan fingerprint density at radius 2 is 1.75 bits per heavy atom. The van der Waals surface area contributed by atoms with Crippen LogP contribution in [0.5, 0.6) is 11.5 Å². The van der Waals surface area contributed by atoms with Crippen molar-refractivity contribution in [3.05, 3.63) is 83.3 Å².